The monoisotopic (exact) mass is 363 g/mol. The van der Waals surface area contributed by atoms with Gasteiger partial charge >= 0.3 is 0 Å². The summed E-state index contributed by atoms with van der Waals surface area (Å²) >= 11 is 0. The molecular weight excluding hydrogens is 338 g/mol. The number of hydrogen-bond donors (Lipinski definition) is 2. The van der Waals surface area contributed by atoms with Crippen LogP contribution in [0.2, 0.25) is 0 Å². The number of rotatable bonds is 7. The fourth-order valence-corrected chi connectivity index (χ4v) is 3.18. The average molecular weight is 363 g/mol. The van der Waals surface area contributed by atoms with Crippen molar-refractivity contribution in [2.45, 2.75) is 13.3 Å². The molecule has 1 heterocycles. The standard InChI is InChI=1S/C22H25N3O2/c1-15(26)17-10-11-19-18(14-17)20(22(27)24-19)21(16-8-5-4-6-9-16)23-12-7-13-25(2)3/h4-6,8-11,14,23H,7,12-13H2,1-3H3,(H,24,27)/b21-20+. The van der Waals surface area contributed by atoms with Crippen molar-refractivity contribution < 1.29 is 9.59 Å². The summed E-state index contributed by atoms with van der Waals surface area (Å²) in [4.78, 5) is 26.7. The van der Waals surface area contributed by atoms with Crippen LogP contribution in [0.15, 0.2) is 48.5 Å². The van der Waals surface area contributed by atoms with E-state index in [0.29, 0.717) is 11.1 Å². The third kappa shape index (κ3) is 4.26. The van der Waals surface area contributed by atoms with E-state index in [-0.39, 0.29) is 11.7 Å². The molecule has 5 heteroatoms. The number of benzene rings is 2. The molecule has 0 radical (unpaired) electrons. The molecule has 0 bridgehead atoms. The zero-order chi connectivity index (χ0) is 19.4. The lowest BCUT2D eigenvalue weighted by Crippen LogP contribution is -2.22. The summed E-state index contributed by atoms with van der Waals surface area (Å²) in [6.07, 6.45) is 0.957. The van der Waals surface area contributed by atoms with Gasteiger partial charge in [0.15, 0.2) is 5.78 Å². The van der Waals surface area contributed by atoms with E-state index in [1.807, 2.05) is 44.4 Å². The second kappa shape index (κ2) is 8.18. The molecule has 0 atom stereocenters. The predicted molar refractivity (Wildman–Crippen MR) is 110 cm³/mol. The Morgan fingerprint density at radius 2 is 1.81 bits per heavy atom. The van der Waals surface area contributed by atoms with E-state index >= 15 is 0 Å². The van der Waals surface area contributed by atoms with Gasteiger partial charge in [-0.3, -0.25) is 9.59 Å². The van der Waals surface area contributed by atoms with Crippen LogP contribution in [0.3, 0.4) is 0 Å². The van der Waals surface area contributed by atoms with Crippen LogP contribution >= 0.6 is 0 Å². The smallest absolute Gasteiger partial charge is 0.258 e. The van der Waals surface area contributed by atoms with Crippen LogP contribution in [0.25, 0.3) is 11.3 Å². The topological polar surface area (TPSA) is 61.4 Å². The van der Waals surface area contributed by atoms with E-state index in [4.69, 9.17) is 0 Å². The van der Waals surface area contributed by atoms with Crippen LogP contribution in [0, 0.1) is 0 Å². The number of ketones is 1. The van der Waals surface area contributed by atoms with Gasteiger partial charge < -0.3 is 15.5 Å². The van der Waals surface area contributed by atoms with Crippen molar-refractivity contribution in [2.24, 2.45) is 0 Å². The van der Waals surface area contributed by atoms with Crippen LogP contribution in [0.4, 0.5) is 5.69 Å². The average Bonchev–Trinajstić information content (AvgIpc) is 2.97. The van der Waals surface area contributed by atoms with E-state index in [2.05, 4.69) is 15.5 Å². The molecule has 140 valence electrons. The minimum Gasteiger partial charge on any atom is -0.384 e. The SMILES string of the molecule is CC(=O)c1ccc2c(c1)/C(=C(\NCCCN(C)C)c1ccccc1)C(=O)N2. The molecule has 0 aromatic heterocycles. The number of fused-ring (bicyclic) bond motifs is 1. The summed E-state index contributed by atoms with van der Waals surface area (Å²) in [5.41, 5.74) is 4.45. The van der Waals surface area contributed by atoms with E-state index in [1.165, 1.54) is 6.92 Å². The Balaban J connectivity index is 2.04. The lowest BCUT2D eigenvalue weighted by Gasteiger charge is -2.16. The minimum absolute atomic E-state index is 0.0169. The normalized spacial score (nSPS) is 14.7. The Morgan fingerprint density at radius 3 is 2.48 bits per heavy atom. The number of Topliss-reactive ketones (excluding diaryl/α,β-unsaturated/α-hetero) is 1. The van der Waals surface area contributed by atoms with Gasteiger partial charge in [-0.25, -0.2) is 0 Å². The molecule has 3 rings (SSSR count). The van der Waals surface area contributed by atoms with E-state index < -0.39 is 0 Å². The van der Waals surface area contributed by atoms with Gasteiger partial charge in [-0.15, -0.1) is 0 Å². The first kappa shape index (κ1) is 18.9. The molecule has 0 saturated carbocycles. The van der Waals surface area contributed by atoms with Gasteiger partial charge in [0.2, 0.25) is 0 Å². The number of nitrogens with zero attached hydrogens (tertiary/aromatic N) is 1. The van der Waals surface area contributed by atoms with Gasteiger partial charge in [0.1, 0.15) is 0 Å². The largest absolute Gasteiger partial charge is 0.384 e. The quantitative estimate of drug-likeness (QED) is 0.450. The summed E-state index contributed by atoms with van der Waals surface area (Å²) in [5.74, 6) is -0.165. The zero-order valence-electron chi connectivity index (χ0n) is 16.0. The minimum atomic E-state index is -0.148. The lowest BCUT2D eigenvalue weighted by molar-refractivity contribution is -0.110. The second-order valence-corrected chi connectivity index (χ2v) is 6.97. The summed E-state index contributed by atoms with van der Waals surface area (Å²) in [6.45, 7) is 3.25. The Hall–Kier alpha value is -2.92. The summed E-state index contributed by atoms with van der Waals surface area (Å²) in [6, 6.07) is 15.2. The molecule has 1 aliphatic heterocycles. The third-order valence-corrected chi connectivity index (χ3v) is 4.57. The molecule has 1 aliphatic rings. The van der Waals surface area contributed by atoms with Gasteiger partial charge in [0.05, 0.1) is 11.3 Å². The molecule has 1 amide bonds. The first-order valence-corrected chi connectivity index (χ1v) is 9.12. The summed E-state index contributed by atoms with van der Waals surface area (Å²) < 4.78 is 0. The highest BCUT2D eigenvalue weighted by Crippen LogP contribution is 2.36. The van der Waals surface area contributed by atoms with Crippen molar-refractivity contribution >= 4 is 28.6 Å². The van der Waals surface area contributed by atoms with E-state index in [1.54, 1.807) is 18.2 Å². The van der Waals surface area contributed by atoms with Crippen molar-refractivity contribution in [2.75, 3.05) is 32.5 Å². The third-order valence-electron chi connectivity index (χ3n) is 4.57. The Bertz CT molecular complexity index is 886. The molecule has 2 aromatic carbocycles. The van der Waals surface area contributed by atoms with Gasteiger partial charge in [0.25, 0.3) is 5.91 Å². The highest BCUT2D eigenvalue weighted by atomic mass is 16.2. The number of anilines is 1. The molecule has 2 aromatic rings. The Kier molecular flexibility index (Phi) is 5.72. The zero-order valence-corrected chi connectivity index (χ0v) is 16.0. The Morgan fingerprint density at radius 1 is 1.07 bits per heavy atom. The first-order valence-electron chi connectivity index (χ1n) is 9.12. The van der Waals surface area contributed by atoms with Crippen LogP contribution in [0.1, 0.15) is 34.8 Å². The van der Waals surface area contributed by atoms with Crippen LogP contribution in [-0.2, 0) is 4.79 Å². The predicted octanol–water partition coefficient (Wildman–Crippen LogP) is 3.25. The van der Waals surface area contributed by atoms with Crippen LogP contribution in [0.5, 0.6) is 0 Å². The summed E-state index contributed by atoms with van der Waals surface area (Å²) in [5, 5.41) is 6.38. The molecule has 0 unspecified atom stereocenters. The fourth-order valence-electron chi connectivity index (χ4n) is 3.18. The van der Waals surface area contributed by atoms with Gasteiger partial charge in [0, 0.05) is 23.4 Å². The molecule has 0 aliphatic carbocycles. The van der Waals surface area contributed by atoms with Gasteiger partial charge in [-0.05, 0) is 57.7 Å². The van der Waals surface area contributed by atoms with E-state index in [0.717, 1.165) is 42.0 Å². The van der Waals surface area contributed by atoms with Gasteiger partial charge in [-0.2, -0.15) is 0 Å². The van der Waals surface area contributed by atoms with Crippen LogP contribution < -0.4 is 10.6 Å². The molecule has 0 spiro atoms. The fraction of sp³-hybridized carbons (Fsp3) is 0.273. The molecule has 27 heavy (non-hydrogen) atoms. The number of nitrogens with one attached hydrogen (secondary N) is 2. The lowest BCUT2D eigenvalue weighted by atomic mass is 9.98. The van der Waals surface area contributed by atoms with Crippen LogP contribution in [-0.4, -0.2) is 43.8 Å². The van der Waals surface area contributed by atoms with Crippen molar-refractivity contribution in [3.8, 4) is 0 Å². The number of carbonyl (C=O) groups excluding carboxylic acids is 2. The number of hydrogen-bond acceptors (Lipinski definition) is 4. The number of carbonyl (C=O) groups is 2. The summed E-state index contributed by atoms with van der Waals surface area (Å²) in [7, 11) is 4.08. The molecule has 2 N–H and O–H groups in total. The molecule has 0 saturated heterocycles. The van der Waals surface area contributed by atoms with Crippen molar-refractivity contribution in [3.63, 3.8) is 0 Å². The van der Waals surface area contributed by atoms with Crippen molar-refractivity contribution in [1.29, 1.82) is 0 Å². The molecule has 0 fully saturated rings. The Labute approximate surface area is 160 Å². The molecule has 5 nitrogen and oxygen atoms in total. The maximum Gasteiger partial charge on any atom is 0.258 e. The number of amides is 1. The molecular formula is C22H25N3O2. The first-order chi connectivity index (χ1) is 13.0. The van der Waals surface area contributed by atoms with Gasteiger partial charge in [-0.1, -0.05) is 30.3 Å². The van der Waals surface area contributed by atoms with Crippen molar-refractivity contribution in [1.82, 2.24) is 10.2 Å². The highest BCUT2D eigenvalue weighted by Gasteiger charge is 2.28. The van der Waals surface area contributed by atoms with Crippen molar-refractivity contribution in [3.05, 3.63) is 65.2 Å². The van der Waals surface area contributed by atoms with E-state index in [9.17, 15) is 9.59 Å². The second-order valence-electron chi connectivity index (χ2n) is 6.97. The maximum atomic E-state index is 12.8. The highest BCUT2D eigenvalue weighted by molar-refractivity contribution is 6.36. The maximum absolute atomic E-state index is 12.8.